The van der Waals surface area contributed by atoms with E-state index in [9.17, 15) is 24.6 Å². The van der Waals surface area contributed by atoms with Crippen molar-refractivity contribution in [1.29, 1.82) is 5.26 Å². The van der Waals surface area contributed by atoms with Crippen molar-refractivity contribution in [3.05, 3.63) is 97.8 Å². The minimum atomic E-state index is -0.763. The van der Waals surface area contributed by atoms with E-state index in [-0.39, 0.29) is 23.6 Å². The molecule has 0 radical (unpaired) electrons. The number of nitriles is 1. The lowest BCUT2D eigenvalue weighted by molar-refractivity contribution is -0.384. The summed E-state index contributed by atoms with van der Waals surface area (Å²) in [4.78, 5) is 22.8. The molecule has 0 aliphatic rings. The van der Waals surface area contributed by atoms with Gasteiger partial charge in [-0.1, -0.05) is 12.1 Å². The molecule has 34 heavy (non-hydrogen) atoms. The average molecular weight is 526 g/mol. The van der Waals surface area contributed by atoms with Gasteiger partial charge in [0.1, 0.15) is 24.1 Å². The number of methoxy groups -OCH3 is 1. The van der Waals surface area contributed by atoms with Gasteiger partial charge in [-0.25, -0.2) is 4.39 Å². The molecule has 0 heterocycles. The lowest BCUT2D eigenvalue weighted by Gasteiger charge is -2.14. The van der Waals surface area contributed by atoms with Gasteiger partial charge in [-0.05, 0) is 69.5 Å². The molecule has 0 aliphatic carbocycles. The molecule has 0 fully saturated rings. The summed E-state index contributed by atoms with van der Waals surface area (Å²) in [6.45, 7) is 0.122. The van der Waals surface area contributed by atoms with Crippen LogP contribution >= 0.6 is 15.9 Å². The van der Waals surface area contributed by atoms with Crippen molar-refractivity contribution in [2.45, 2.75) is 6.61 Å². The minimum Gasteiger partial charge on any atom is -0.493 e. The van der Waals surface area contributed by atoms with Crippen molar-refractivity contribution >= 4 is 39.3 Å². The fourth-order valence-electron chi connectivity index (χ4n) is 2.90. The number of non-ortho nitro benzene ring substituents is 1. The zero-order valence-electron chi connectivity index (χ0n) is 17.7. The number of rotatable bonds is 8. The minimum absolute atomic E-state index is 0.0222. The Hall–Kier alpha value is -4.23. The SMILES string of the molecule is COc1cc(/C=C(/C#N)C(=O)Nc2ccccc2F)cc(Br)c1OCc1ccc([N+](=O)[O-])cc1. The van der Waals surface area contributed by atoms with E-state index in [0.717, 1.165) is 0 Å². The van der Waals surface area contributed by atoms with Gasteiger partial charge in [0, 0.05) is 12.1 Å². The van der Waals surface area contributed by atoms with Gasteiger partial charge in [0.05, 0.1) is 22.2 Å². The molecule has 0 saturated carbocycles. The van der Waals surface area contributed by atoms with Gasteiger partial charge < -0.3 is 14.8 Å². The second kappa shape index (κ2) is 11.1. The fraction of sp³-hybridized carbons (Fsp3) is 0.0833. The smallest absolute Gasteiger partial charge is 0.269 e. The lowest BCUT2D eigenvalue weighted by Crippen LogP contribution is -2.14. The summed E-state index contributed by atoms with van der Waals surface area (Å²) in [7, 11) is 1.43. The van der Waals surface area contributed by atoms with Crippen LogP contribution in [0.25, 0.3) is 6.08 Å². The maximum atomic E-state index is 13.8. The van der Waals surface area contributed by atoms with Crippen LogP contribution in [0.3, 0.4) is 0 Å². The van der Waals surface area contributed by atoms with Crippen LogP contribution in [-0.4, -0.2) is 17.9 Å². The zero-order valence-corrected chi connectivity index (χ0v) is 19.3. The first-order valence-corrected chi connectivity index (χ1v) is 10.5. The number of carbonyl (C=O) groups excluding carboxylic acids is 1. The first-order chi connectivity index (χ1) is 16.3. The predicted octanol–water partition coefficient (Wildman–Crippen LogP) is 5.63. The third-order valence-corrected chi connectivity index (χ3v) is 5.17. The van der Waals surface area contributed by atoms with Crippen molar-refractivity contribution < 1.29 is 23.6 Å². The highest BCUT2D eigenvalue weighted by Crippen LogP contribution is 2.38. The van der Waals surface area contributed by atoms with Crippen molar-refractivity contribution in [3.63, 3.8) is 0 Å². The van der Waals surface area contributed by atoms with Crippen LogP contribution in [0.4, 0.5) is 15.8 Å². The Bertz CT molecular complexity index is 1300. The third kappa shape index (κ3) is 5.96. The van der Waals surface area contributed by atoms with Crippen LogP contribution in [0, 0.1) is 27.3 Å². The van der Waals surface area contributed by atoms with Gasteiger partial charge in [0.15, 0.2) is 11.5 Å². The second-order valence-corrected chi connectivity index (χ2v) is 7.70. The summed E-state index contributed by atoms with van der Waals surface area (Å²) in [6, 6.07) is 16.6. The second-order valence-electron chi connectivity index (χ2n) is 6.85. The van der Waals surface area contributed by atoms with Gasteiger partial charge in [-0.15, -0.1) is 0 Å². The van der Waals surface area contributed by atoms with E-state index >= 15 is 0 Å². The molecule has 0 spiro atoms. The molecule has 3 rings (SSSR count). The average Bonchev–Trinajstić information content (AvgIpc) is 2.83. The molecule has 0 aromatic heterocycles. The van der Waals surface area contributed by atoms with E-state index in [1.807, 2.05) is 6.07 Å². The first-order valence-electron chi connectivity index (χ1n) is 9.73. The van der Waals surface area contributed by atoms with Crippen LogP contribution in [0.15, 0.2) is 70.7 Å². The highest BCUT2D eigenvalue weighted by atomic mass is 79.9. The number of nitrogens with zero attached hydrogens (tertiary/aromatic N) is 2. The normalized spacial score (nSPS) is 10.8. The monoisotopic (exact) mass is 525 g/mol. The van der Waals surface area contributed by atoms with Gasteiger partial charge in [-0.2, -0.15) is 5.26 Å². The van der Waals surface area contributed by atoms with E-state index in [1.165, 1.54) is 43.5 Å². The topological polar surface area (TPSA) is 114 Å². The summed E-state index contributed by atoms with van der Waals surface area (Å²) >= 11 is 3.40. The van der Waals surface area contributed by atoms with Gasteiger partial charge >= 0.3 is 0 Å². The Morgan fingerprint density at radius 3 is 2.56 bits per heavy atom. The number of benzene rings is 3. The quantitative estimate of drug-likeness (QED) is 0.176. The van der Waals surface area contributed by atoms with Crippen LogP contribution in [0.5, 0.6) is 11.5 Å². The molecule has 3 aromatic rings. The largest absolute Gasteiger partial charge is 0.493 e. The molecular weight excluding hydrogens is 509 g/mol. The number of nitro benzene ring substituents is 1. The van der Waals surface area contributed by atoms with E-state index in [4.69, 9.17) is 9.47 Å². The highest BCUT2D eigenvalue weighted by Gasteiger charge is 2.15. The third-order valence-electron chi connectivity index (χ3n) is 4.58. The van der Waals surface area contributed by atoms with E-state index in [1.54, 1.807) is 30.3 Å². The molecular formula is C24H17BrFN3O5. The molecule has 0 atom stereocenters. The first kappa shape index (κ1) is 24.4. The summed E-state index contributed by atoms with van der Waals surface area (Å²) in [5, 5.41) is 22.6. The molecule has 3 aromatic carbocycles. The number of nitro groups is 1. The Morgan fingerprint density at radius 2 is 1.94 bits per heavy atom. The number of halogens is 2. The number of carbonyl (C=O) groups is 1. The molecule has 0 unspecified atom stereocenters. The molecule has 1 N–H and O–H groups in total. The summed E-state index contributed by atoms with van der Waals surface area (Å²) in [6.07, 6.45) is 1.34. The van der Waals surface area contributed by atoms with Crippen molar-refractivity contribution in [2.24, 2.45) is 0 Å². The molecule has 0 saturated heterocycles. The number of ether oxygens (including phenoxy) is 2. The van der Waals surface area contributed by atoms with Gasteiger partial charge in [-0.3, -0.25) is 14.9 Å². The van der Waals surface area contributed by atoms with Gasteiger partial charge in [0.25, 0.3) is 11.6 Å². The Morgan fingerprint density at radius 1 is 1.24 bits per heavy atom. The number of nitrogens with one attached hydrogen (secondary N) is 1. The van der Waals surface area contributed by atoms with E-state index < -0.39 is 16.6 Å². The number of hydrogen-bond donors (Lipinski definition) is 1. The van der Waals surface area contributed by atoms with Crippen LogP contribution in [-0.2, 0) is 11.4 Å². The molecule has 0 bridgehead atoms. The standard InChI is InChI=1S/C24H17BrFN3O5/c1-33-22-12-16(10-17(13-27)24(30)28-21-5-3-2-4-20(21)26)11-19(25)23(22)34-14-15-6-8-18(9-7-15)29(31)32/h2-12H,14H2,1H3,(H,28,30)/b17-10-. The maximum absolute atomic E-state index is 13.8. The molecule has 1 amide bonds. The Labute approximate surface area is 202 Å². The Kier molecular flexibility index (Phi) is 7.95. The summed E-state index contributed by atoms with van der Waals surface area (Å²) < 4.78 is 25.5. The van der Waals surface area contributed by atoms with Crippen LogP contribution in [0.2, 0.25) is 0 Å². The van der Waals surface area contributed by atoms with Crippen LogP contribution < -0.4 is 14.8 Å². The molecule has 10 heteroatoms. The lowest BCUT2D eigenvalue weighted by atomic mass is 10.1. The van der Waals surface area contributed by atoms with Crippen LogP contribution in [0.1, 0.15) is 11.1 Å². The number of hydrogen-bond acceptors (Lipinski definition) is 6. The zero-order chi connectivity index (χ0) is 24.7. The molecule has 172 valence electrons. The predicted molar refractivity (Wildman–Crippen MR) is 127 cm³/mol. The van der Waals surface area contributed by atoms with Crippen molar-refractivity contribution in [1.82, 2.24) is 0 Å². The Balaban J connectivity index is 1.80. The van der Waals surface area contributed by atoms with E-state index in [0.29, 0.717) is 27.1 Å². The fourth-order valence-corrected chi connectivity index (χ4v) is 3.47. The molecule has 0 aliphatic heterocycles. The number of amides is 1. The number of anilines is 1. The molecule has 8 nitrogen and oxygen atoms in total. The van der Waals surface area contributed by atoms with Crippen molar-refractivity contribution in [3.8, 4) is 17.6 Å². The van der Waals surface area contributed by atoms with Gasteiger partial charge in [0.2, 0.25) is 0 Å². The van der Waals surface area contributed by atoms with Crippen molar-refractivity contribution in [2.75, 3.05) is 12.4 Å². The maximum Gasteiger partial charge on any atom is 0.269 e. The van der Waals surface area contributed by atoms with E-state index in [2.05, 4.69) is 21.2 Å². The highest BCUT2D eigenvalue weighted by molar-refractivity contribution is 9.10. The summed E-state index contributed by atoms with van der Waals surface area (Å²) in [5.74, 6) is -0.685. The summed E-state index contributed by atoms with van der Waals surface area (Å²) in [5.41, 5.74) is 0.872. The number of para-hydroxylation sites is 1.